The van der Waals surface area contributed by atoms with E-state index < -0.39 is 5.92 Å². The topological polar surface area (TPSA) is 69.3 Å². The number of para-hydroxylation sites is 1. The van der Waals surface area contributed by atoms with Crippen molar-refractivity contribution in [3.63, 3.8) is 0 Å². The summed E-state index contributed by atoms with van der Waals surface area (Å²) in [5.41, 5.74) is 4.30. The number of aromatic nitrogens is 2. The molecule has 2 heterocycles. The minimum atomic E-state index is -0.590. The third kappa shape index (κ3) is 3.48. The van der Waals surface area contributed by atoms with E-state index >= 15 is 0 Å². The molecule has 0 radical (unpaired) electrons. The fourth-order valence-corrected chi connectivity index (χ4v) is 4.20. The number of fused-ring (bicyclic) bond motifs is 1. The van der Waals surface area contributed by atoms with Gasteiger partial charge >= 0.3 is 0 Å². The Kier molecular flexibility index (Phi) is 4.97. The van der Waals surface area contributed by atoms with E-state index in [1.807, 2.05) is 30.3 Å². The molecular formula is C21H26N4O2. The van der Waals surface area contributed by atoms with Crippen molar-refractivity contribution >= 4 is 17.5 Å². The lowest BCUT2D eigenvalue weighted by Crippen LogP contribution is -2.38. The number of nitrogens with zero attached hydrogens (tertiary/aromatic N) is 3. The fraction of sp³-hybridized carbons (Fsp3) is 0.476. The van der Waals surface area contributed by atoms with Crippen molar-refractivity contribution in [2.24, 2.45) is 5.92 Å². The van der Waals surface area contributed by atoms with E-state index in [0.717, 1.165) is 24.2 Å². The maximum Gasteiger partial charge on any atom is 0.239 e. The van der Waals surface area contributed by atoms with E-state index in [0.29, 0.717) is 19.5 Å². The Balaban J connectivity index is 1.44. The maximum atomic E-state index is 12.9. The van der Waals surface area contributed by atoms with Gasteiger partial charge < -0.3 is 9.80 Å². The van der Waals surface area contributed by atoms with Crippen LogP contribution >= 0.6 is 0 Å². The van der Waals surface area contributed by atoms with Gasteiger partial charge in [-0.05, 0) is 49.8 Å². The van der Waals surface area contributed by atoms with Crippen LogP contribution in [0.2, 0.25) is 0 Å². The highest BCUT2D eigenvalue weighted by Crippen LogP contribution is 2.27. The third-order valence-corrected chi connectivity index (χ3v) is 5.73. The lowest BCUT2D eigenvalue weighted by molar-refractivity contribution is -0.139. The Morgan fingerprint density at radius 2 is 2.00 bits per heavy atom. The highest BCUT2D eigenvalue weighted by molar-refractivity contribution is 6.09. The van der Waals surface area contributed by atoms with Crippen molar-refractivity contribution in [1.82, 2.24) is 15.1 Å². The first kappa shape index (κ1) is 17.8. The number of carbonyl (C=O) groups excluding carboxylic acids is 2. The summed E-state index contributed by atoms with van der Waals surface area (Å²) in [5.74, 6) is -0.796. The average Bonchev–Trinajstić information content (AvgIpc) is 3.16. The number of aromatic amines is 1. The standard InChI is InChI=1S/C21H26N4O2/c1-24(14-19-16-10-6-3-7-11-18(16)22-23-19)20(26)17-12-13-25(21(17)27)15-8-4-2-5-9-15/h2,4-5,8-9,17H,3,6-7,10-14H2,1H3,(H,22,23)/t17-/m0/s1. The molecule has 2 amide bonds. The molecule has 2 aromatic rings. The van der Waals surface area contributed by atoms with Crippen molar-refractivity contribution in [3.8, 4) is 0 Å². The number of nitrogens with one attached hydrogen (secondary N) is 1. The van der Waals surface area contributed by atoms with Crippen LogP contribution in [0.15, 0.2) is 30.3 Å². The van der Waals surface area contributed by atoms with E-state index in [1.54, 1.807) is 16.8 Å². The Morgan fingerprint density at radius 1 is 1.22 bits per heavy atom. The van der Waals surface area contributed by atoms with Crippen LogP contribution in [0.5, 0.6) is 0 Å². The lowest BCUT2D eigenvalue weighted by Gasteiger charge is -2.21. The number of anilines is 1. The van der Waals surface area contributed by atoms with Crippen LogP contribution in [0.25, 0.3) is 0 Å². The molecule has 1 N–H and O–H groups in total. The molecule has 0 unspecified atom stereocenters. The van der Waals surface area contributed by atoms with Crippen LogP contribution in [-0.2, 0) is 29.0 Å². The highest BCUT2D eigenvalue weighted by atomic mass is 16.2. The number of hydrogen-bond acceptors (Lipinski definition) is 3. The molecule has 1 aliphatic carbocycles. The quantitative estimate of drug-likeness (QED) is 0.668. The van der Waals surface area contributed by atoms with Gasteiger partial charge in [-0.25, -0.2) is 0 Å². The number of benzene rings is 1. The Bertz CT molecular complexity index is 830. The molecule has 1 saturated heterocycles. The van der Waals surface area contributed by atoms with Gasteiger partial charge in [0.05, 0.1) is 12.2 Å². The predicted molar refractivity (Wildman–Crippen MR) is 103 cm³/mol. The molecule has 1 fully saturated rings. The SMILES string of the molecule is CN(Cc1n[nH]c2c1CCCCC2)C(=O)[C@@H]1CCN(c2ccccc2)C1=O. The number of hydrogen-bond donors (Lipinski definition) is 1. The first-order chi connectivity index (χ1) is 13.1. The monoisotopic (exact) mass is 366 g/mol. The van der Waals surface area contributed by atoms with Crippen molar-refractivity contribution in [2.75, 3.05) is 18.5 Å². The van der Waals surface area contributed by atoms with Crippen LogP contribution in [0, 0.1) is 5.92 Å². The van der Waals surface area contributed by atoms with E-state index in [2.05, 4.69) is 10.2 Å². The molecule has 142 valence electrons. The molecule has 1 aliphatic heterocycles. The van der Waals surface area contributed by atoms with Crippen LogP contribution in [0.3, 0.4) is 0 Å². The van der Waals surface area contributed by atoms with Crippen LogP contribution in [0.4, 0.5) is 5.69 Å². The van der Waals surface area contributed by atoms with Crippen LogP contribution in [-0.4, -0.2) is 40.5 Å². The second kappa shape index (κ2) is 7.55. The van der Waals surface area contributed by atoms with Gasteiger partial charge in [0.25, 0.3) is 0 Å². The molecule has 2 aliphatic rings. The Morgan fingerprint density at radius 3 is 2.81 bits per heavy atom. The Labute approximate surface area is 159 Å². The number of rotatable bonds is 4. The fourth-order valence-electron chi connectivity index (χ4n) is 4.20. The zero-order valence-electron chi connectivity index (χ0n) is 15.8. The molecular weight excluding hydrogens is 340 g/mol. The van der Waals surface area contributed by atoms with E-state index in [9.17, 15) is 9.59 Å². The van der Waals surface area contributed by atoms with Crippen LogP contribution < -0.4 is 4.90 Å². The first-order valence-electron chi connectivity index (χ1n) is 9.81. The second-order valence-electron chi connectivity index (χ2n) is 7.55. The van der Waals surface area contributed by atoms with Crippen molar-refractivity contribution in [3.05, 3.63) is 47.3 Å². The zero-order valence-corrected chi connectivity index (χ0v) is 15.8. The van der Waals surface area contributed by atoms with Gasteiger partial charge in [0.1, 0.15) is 5.92 Å². The largest absolute Gasteiger partial charge is 0.339 e. The normalized spacial score (nSPS) is 19.7. The molecule has 27 heavy (non-hydrogen) atoms. The molecule has 0 saturated carbocycles. The highest BCUT2D eigenvalue weighted by Gasteiger charge is 2.39. The molecule has 0 spiro atoms. The Hall–Kier alpha value is -2.63. The summed E-state index contributed by atoms with van der Waals surface area (Å²) >= 11 is 0. The summed E-state index contributed by atoms with van der Waals surface area (Å²) in [6.07, 6.45) is 6.22. The van der Waals surface area contributed by atoms with Gasteiger partial charge in [-0.2, -0.15) is 5.10 Å². The molecule has 1 atom stereocenters. The zero-order chi connectivity index (χ0) is 18.8. The number of amides is 2. The smallest absolute Gasteiger partial charge is 0.239 e. The first-order valence-corrected chi connectivity index (χ1v) is 9.81. The lowest BCUT2D eigenvalue weighted by atomic mass is 10.1. The predicted octanol–water partition coefficient (Wildman–Crippen LogP) is 2.69. The van der Waals surface area contributed by atoms with Gasteiger partial charge in [-0.1, -0.05) is 24.6 Å². The third-order valence-electron chi connectivity index (χ3n) is 5.73. The number of aryl methyl sites for hydroxylation is 1. The summed E-state index contributed by atoms with van der Waals surface area (Å²) in [5, 5.41) is 7.61. The molecule has 0 bridgehead atoms. The maximum absolute atomic E-state index is 12.9. The second-order valence-corrected chi connectivity index (χ2v) is 7.55. The molecule has 1 aromatic heterocycles. The summed E-state index contributed by atoms with van der Waals surface area (Å²) < 4.78 is 0. The van der Waals surface area contributed by atoms with Gasteiger partial charge in [0, 0.05) is 25.0 Å². The van der Waals surface area contributed by atoms with Gasteiger partial charge in [-0.15, -0.1) is 0 Å². The summed E-state index contributed by atoms with van der Waals surface area (Å²) in [6, 6.07) is 9.56. The number of carbonyl (C=O) groups is 2. The van der Waals surface area contributed by atoms with Gasteiger partial charge in [0.15, 0.2) is 0 Å². The van der Waals surface area contributed by atoms with Gasteiger partial charge in [-0.3, -0.25) is 14.7 Å². The summed E-state index contributed by atoms with van der Waals surface area (Å²) in [6.45, 7) is 1.05. The molecule has 6 heteroatoms. The number of H-pyrrole nitrogens is 1. The summed E-state index contributed by atoms with van der Waals surface area (Å²) in [7, 11) is 1.78. The summed E-state index contributed by atoms with van der Waals surface area (Å²) in [4.78, 5) is 29.1. The molecule has 1 aromatic carbocycles. The minimum Gasteiger partial charge on any atom is -0.339 e. The minimum absolute atomic E-state index is 0.0982. The van der Waals surface area contributed by atoms with E-state index in [1.165, 1.54) is 30.5 Å². The van der Waals surface area contributed by atoms with Crippen molar-refractivity contribution in [2.45, 2.75) is 45.1 Å². The van der Waals surface area contributed by atoms with Crippen LogP contribution in [0.1, 0.15) is 42.6 Å². The molecule has 6 nitrogen and oxygen atoms in total. The van der Waals surface area contributed by atoms with Gasteiger partial charge in [0.2, 0.25) is 11.8 Å². The van der Waals surface area contributed by atoms with Crippen molar-refractivity contribution in [1.29, 1.82) is 0 Å². The van der Waals surface area contributed by atoms with E-state index in [-0.39, 0.29) is 11.8 Å². The van der Waals surface area contributed by atoms with Crippen molar-refractivity contribution < 1.29 is 9.59 Å². The average molecular weight is 366 g/mol. The van der Waals surface area contributed by atoms with E-state index in [4.69, 9.17) is 0 Å². The molecule has 4 rings (SSSR count).